The zero-order valence-corrected chi connectivity index (χ0v) is 10.7. The zero-order valence-electron chi connectivity index (χ0n) is 10.7. The molecule has 0 aliphatic carbocycles. The van der Waals surface area contributed by atoms with Crippen molar-refractivity contribution in [3.63, 3.8) is 0 Å². The summed E-state index contributed by atoms with van der Waals surface area (Å²) in [4.78, 5) is 4.24. The lowest BCUT2D eigenvalue weighted by atomic mass is 10.0. The van der Waals surface area contributed by atoms with E-state index in [1.165, 1.54) is 22.0 Å². The van der Waals surface area contributed by atoms with E-state index in [1.54, 1.807) is 0 Å². The maximum Gasteiger partial charge on any atom is 0.0877 e. The lowest BCUT2D eigenvalue weighted by Crippen LogP contribution is -2.38. The van der Waals surface area contributed by atoms with Crippen LogP contribution in [0.3, 0.4) is 0 Å². The first kappa shape index (κ1) is 10.6. The van der Waals surface area contributed by atoms with Gasteiger partial charge < -0.3 is 5.01 Å². The Morgan fingerprint density at radius 3 is 2.84 bits per heavy atom. The molecule has 0 atom stereocenters. The smallest absolute Gasteiger partial charge is 0.0877 e. The fourth-order valence-corrected chi connectivity index (χ4v) is 2.87. The van der Waals surface area contributed by atoms with Crippen molar-refractivity contribution in [1.29, 1.82) is 0 Å². The predicted octanol–water partition coefficient (Wildman–Crippen LogP) is 2.73. The molecule has 3 heteroatoms. The molecular weight excluding hydrogens is 234 g/mol. The van der Waals surface area contributed by atoms with Gasteiger partial charge in [0, 0.05) is 24.3 Å². The van der Waals surface area contributed by atoms with E-state index in [1.807, 2.05) is 12.4 Å². The normalized spacial score (nSPS) is 14.6. The second-order valence-electron chi connectivity index (χ2n) is 5.00. The second-order valence-corrected chi connectivity index (χ2v) is 5.00. The van der Waals surface area contributed by atoms with Crippen LogP contribution in [0.2, 0.25) is 0 Å². The second kappa shape index (κ2) is 4.12. The Morgan fingerprint density at radius 1 is 1.00 bits per heavy atom. The zero-order chi connectivity index (χ0) is 12.7. The third-order valence-corrected chi connectivity index (χ3v) is 3.89. The number of hydrogen-bond acceptors (Lipinski definition) is 2. The summed E-state index contributed by atoms with van der Waals surface area (Å²) in [6, 6.07) is 12.9. The summed E-state index contributed by atoms with van der Waals surface area (Å²) in [6.45, 7) is 2.02. The van der Waals surface area contributed by atoms with Gasteiger partial charge in [-0.25, -0.2) is 0 Å². The Morgan fingerprint density at radius 2 is 1.89 bits per heavy atom. The van der Waals surface area contributed by atoms with Crippen molar-refractivity contribution < 1.29 is 0 Å². The molecule has 0 bridgehead atoms. The van der Waals surface area contributed by atoms with Crippen molar-refractivity contribution in [2.24, 2.45) is 0 Å². The molecule has 3 nitrogen and oxygen atoms in total. The van der Waals surface area contributed by atoms with Crippen molar-refractivity contribution in [1.82, 2.24) is 9.66 Å². The van der Waals surface area contributed by atoms with Crippen LogP contribution in [-0.4, -0.2) is 16.2 Å². The SMILES string of the molecule is c1ccc2c(c1)CCN(n1ccc3ccncc31)C2. The molecule has 1 aliphatic heterocycles. The predicted molar refractivity (Wildman–Crippen MR) is 76.7 cm³/mol. The van der Waals surface area contributed by atoms with Gasteiger partial charge in [0.15, 0.2) is 0 Å². The van der Waals surface area contributed by atoms with Gasteiger partial charge in [0.1, 0.15) is 0 Å². The standard InChI is InChI=1S/C16H15N3/c1-2-4-15-12-18(9-6-13(15)3-1)19-10-7-14-5-8-17-11-16(14)19/h1-5,7-8,10-11H,6,9,12H2. The van der Waals surface area contributed by atoms with Crippen molar-refractivity contribution in [2.75, 3.05) is 11.6 Å². The van der Waals surface area contributed by atoms with Crippen LogP contribution in [0.1, 0.15) is 11.1 Å². The highest BCUT2D eigenvalue weighted by Crippen LogP contribution is 2.21. The van der Waals surface area contributed by atoms with E-state index in [0.717, 1.165) is 19.5 Å². The third kappa shape index (κ3) is 1.70. The minimum absolute atomic E-state index is 0.967. The average molecular weight is 249 g/mol. The number of nitrogens with zero attached hydrogens (tertiary/aromatic N) is 3. The number of benzene rings is 1. The van der Waals surface area contributed by atoms with E-state index in [0.29, 0.717) is 0 Å². The van der Waals surface area contributed by atoms with Crippen LogP contribution in [0.15, 0.2) is 55.0 Å². The summed E-state index contributed by atoms with van der Waals surface area (Å²) >= 11 is 0. The van der Waals surface area contributed by atoms with E-state index >= 15 is 0 Å². The van der Waals surface area contributed by atoms with Crippen LogP contribution < -0.4 is 5.01 Å². The van der Waals surface area contributed by atoms with E-state index in [-0.39, 0.29) is 0 Å². The average Bonchev–Trinajstić information content (AvgIpc) is 2.91. The molecule has 3 heterocycles. The largest absolute Gasteiger partial charge is 0.308 e. The summed E-state index contributed by atoms with van der Waals surface area (Å²) in [6.07, 6.45) is 7.03. The van der Waals surface area contributed by atoms with Crippen molar-refractivity contribution in [2.45, 2.75) is 13.0 Å². The molecule has 0 unspecified atom stereocenters. The molecule has 4 rings (SSSR count). The van der Waals surface area contributed by atoms with Gasteiger partial charge in [0.2, 0.25) is 0 Å². The van der Waals surface area contributed by atoms with Gasteiger partial charge in [-0.2, -0.15) is 0 Å². The summed E-state index contributed by atoms with van der Waals surface area (Å²) in [5.74, 6) is 0. The molecule has 3 aromatic rings. The van der Waals surface area contributed by atoms with Gasteiger partial charge in [-0.15, -0.1) is 0 Å². The van der Waals surface area contributed by atoms with E-state index in [9.17, 15) is 0 Å². The molecule has 0 saturated heterocycles. The van der Waals surface area contributed by atoms with Crippen molar-refractivity contribution in [3.8, 4) is 0 Å². The molecule has 1 aliphatic rings. The van der Waals surface area contributed by atoms with Crippen molar-refractivity contribution >= 4 is 10.9 Å². The van der Waals surface area contributed by atoms with Gasteiger partial charge in [0.05, 0.1) is 18.3 Å². The first-order valence-electron chi connectivity index (χ1n) is 6.65. The maximum atomic E-state index is 4.24. The first-order valence-corrected chi connectivity index (χ1v) is 6.65. The number of aromatic nitrogens is 2. The van der Waals surface area contributed by atoms with Crippen LogP contribution >= 0.6 is 0 Å². The molecule has 0 radical (unpaired) electrons. The fraction of sp³-hybridized carbons (Fsp3) is 0.188. The first-order chi connectivity index (χ1) is 9.42. The van der Waals surface area contributed by atoms with Crippen LogP contribution in [0.4, 0.5) is 0 Å². The van der Waals surface area contributed by atoms with Crippen LogP contribution in [-0.2, 0) is 13.0 Å². The molecule has 19 heavy (non-hydrogen) atoms. The monoisotopic (exact) mass is 249 g/mol. The molecule has 0 fully saturated rings. The van der Waals surface area contributed by atoms with E-state index in [4.69, 9.17) is 0 Å². The van der Waals surface area contributed by atoms with Gasteiger partial charge in [-0.1, -0.05) is 24.3 Å². The van der Waals surface area contributed by atoms with E-state index < -0.39 is 0 Å². The van der Waals surface area contributed by atoms with Gasteiger partial charge in [0.25, 0.3) is 0 Å². The Labute approximate surface area is 112 Å². The maximum absolute atomic E-state index is 4.24. The minimum Gasteiger partial charge on any atom is -0.308 e. The highest BCUT2D eigenvalue weighted by atomic mass is 15.5. The fourth-order valence-electron chi connectivity index (χ4n) is 2.87. The summed E-state index contributed by atoms with van der Waals surface area (Å²) < 4.78 is 2.23. The lowest BCUT2D eigenvalue weighted by molar-refractivity contribution is 0.568. The highest BCUT2D eigenvalue weighted by Gasteiger charge is 2.16. The molecule has 1 aromatic carbocycles. The number of fused-ring (bicyclic) bond motifs is 2. The molecule has 0 saturated carbocycles. The Kier molecular flexibility index (Phi) is 2.30. The molecule has 94 valence electrons. The van der Waals surface area contributed by atoms with E-state index in [2.05, 4.69) is 57.3 Å². The molecule has 0 N–H and O–H groups in total. The van der Waals surface area contributed by atoms with Crippen LogP contribution in [0.5, 0.6) is 0 Å². The quantitative estimate of drug-likeness (QED) is 0.661. The number of rotatable bonds is 1. The number of hydrogen-bond donors (Lipinski definition) is 0. The Hall–Kier alpha value is -2.29. The lowest BCUT2D eigenvalue weighted by Gasteiger charge is -2.32. The summed E-state index contributed by atoms with van der Waals surface area (Å²) in [7, 11) is 0. The topological polar surface area (TPSA) is 21.1 Å². The highest BCUT2D eigenvalue weighted by molar-refractivity contribution is 5.79. The molecular formula is C16H15N3. The molecule has 2 aromatic heterocycles. The molecule has 0 amide bonds. The van der Waals surface area contributed by atoms with Crippen LogP contribution in [0.25, 0.3) is 10.9 Å². The van der Waals surface area contributed by atoms with Gasteiger partial charge >= 0.3 is 0 Å². The number of pyridine rings is 1. The Balaban J connectivity index is 1.75. The van der Waals surface area contributed by atoms with Crippen molar-refractivity contribution in [3.05, 3.63) is 66.1 Å². The molecule has 0 spiro atoms. The van der Waals surface area contributed by atoms with Gasteiger partial charge in [-0.3, -0.25) is 9.66 Å². The summed E-state index contributed by atoms with van der Waals surface area (Å²) in [5.41, 5.74) is 4.09. The van der Waals surface area contributed by atoms with Crippen LogP contribution in [0, 0.1) is 0 Å². The minimum atomic E-state index is 0.967. The van der Waals surface area contributed by atoms with Gasteiger partial charge in [-0.05, 0) is 29.7 Å². The Bertz CT molecular complexity index is 729. The third-order valence-electron chi connectivity index (χ3n) is 3.89. The summed E-state index contributed by atoms with van der Waals surface area (Å²) in [5, 5.41) is 3.63.